The van der Waals surface area contributed by atoms with Gasteiger partial charge in [0.1, 0.15) is 0 Å². The first-order valence-corrected chi connectivity index (χ1v) is 15.9. The summed E-state index contributed by atoms with van der Waals surface area (Å²) in [6.45, 7) is 6.44. The molecule has 4 atom stereocenters. The zero-order valence-electron chi connectivity index (χ0n) is 23.7. The number of benzene rings is 1. The molecule has 5 rings (SSSR count). The number of rotatable bonds is 7. The number of aliphatic hydroxyl groups is 2. The molecule has 3 aliphatic carbocycles. The topological polar surface area (TPSA) is 108 Å². The Morgan fingerprint density at radius 3 is 2.64 bits per heavy atom. The normalized spacial score (nSPS) is 28.2. The predicted octanol–water partition coefficient (Wildman–Crippen LogP) is 5.22. The van der Waals surface area contributed by atoms with Crippen LogP contribution in [0.1, 0.15) is 98.9 Å². The zero-order valence-corrected chi connectivity index (χ0v) is 24.5. The molecular formula is C31H43NO6S. The Bertz CT molecular complexity index is 1300. The average Bonchev–Trinajstić information content (AvgIpc) is 3.49. The van der Waals surface area contributed by atoms with Crippen LogP contribution in [0.25, 0.3) is 0 Å². The van der Waals surface area contributed by atoms with Crippen LogP contribution in [0.4, 0.5) is 0 Å². The Balaban J connectivity index is 1.85. The second-order valence-corrected chi connectivity index (χ2v) is 13.8. The molecule has 1 heterocycles. The summed E-state index contributed by atoms with van der Waals surface area (Å²) in [7, 11) is -3.51. The molecule has 0 radical (unpaired) electrons. The molecular weight excluding hydrogens is 514 g/mol. The zero-order chi connectivity index (χ0) is 28.4. The highest BCUT2D eigenvalue weighted by molar-refractivity contribution is 7.88. The number of allylic oxidation sites excluding steroid dienone is 2. The van der Waals surface area contributed by atoms with Crippen molar-refractivity contribution < 1.29 is 27.8 Å². The fourth-order valence-electron chi connectivity index (χ4n) is 6.64. The molecule has 1 aromatic heterocycles. The van der Waals surface area contributed by atoms with Gasteiger partial charge in [0.25, 0.3) is 0 Å². The molecule has 3 aliphatic rings. The molecule has 1 aromatic carbocycles. The Morgan fingerprint density at radius 2 is 1.97 bits per heavy atom. The van der Waals surface area contributed by atoms with Crippen molar-refractivity contribution >= 4 is 15.8 Å². The fraction of sp³-hybridized carbons (Fsp3) is 0.581. The molecule has 0 aliphatic heterocycles. The Hall–Kier alpha value is -2.26. The van der Waals surface area contributed by atoms with E-state index in [-0.39, 0.29) is 24.0 Å². The minimum Gasteiger partial charge on any atom is -0.461 e. The molecule has 8 heteroatoms. The van der Waals surface area contributed by atoms with Crippen molar-refractivity contribution in [3.8, 4) is 0 Å². The Morgan fingerprint density at radius 1 is 1.21 bits per heavy atom. The van der Waals surface area contributed by atoms with Crippen LogP contribution in [0.3, 0.4) is 0 Å². The summed E-state index contributed by atoms with van der Waals surface area (Å²) in [5, 5.41) is 23.0. The number of sulfonamides is 1. The summed E-state index contributed by atoms with van der Waals surface area (Å²) >= 11 is 0. The molecule has 0 spiro atoms. The van der Waals surface area contributed by atoms with Crippen LogP contribution in [-0.4, -0.2) is 59.8 Å². The number of aliphatic hydroxyl groups excluding tert-OH is 1. The average molecular weight is 558 g/mol. The Kier molecular flexibility index (Phi) is 8.91. The summed E-state index contributed by atoms with van der Waals surface area (Å²) in [5.41, 5.74) is 1.47. The molecule has 0 saturated heterocycles. The standard InChI is InChI=1S/C31H43NO6S/c1-5-17-32(39(4,36)37)21-31(35)16-14-27-25-13-11-23(20-26(25)29(34)28-9-7-18-38-28)19-24(33)12-10-22(2)8-6-15-30(27,31)3/h7-9,11,13,18,20,24,27,33,35H,5-6,10,12,14-17,19,21H2,1-4H3/t24-,27-,30-,31+/m0/s1. The number of carbonyl (C=O) groups excluding carboxylic acids is 1. The van der Waals surface area contributed by atoms with Crippen molar-refractivity contribution in [2.24, 2.45) is 5.41 Å². The molecule has 2 N–H and O–H groups in total. The first-order valence-electron chi connectivity index (χ1n) is 14.1. The van der Waals surface area contributed by atoms with Gasteiger partial charge in [-0.15, -0.1) is 0 Å². The number of carbonyl (C=O) groups is 1. The first-order chi connectivity index (χ1) is 18.4. The summed E-state index contributed by atoms with van der Waals surface area (Å²) in [4.78, 5) is 13.7. The van der Waals surface area contributed by atoms with Crippen molar-refractivity contribution in [1.82, 2.24) is 4.31 Å². The maximum Gasteiger partial charge on any atom is 0.228 e. The molecule has 1 saturated carbocycles. The minimum absolute atomic E-state index is 0.0289. The van der Waals surface area contributed by atoms with E-state index in [0.717, 1.165) is 17.5 Å². The number of hydrogen-bond donors (Lipinski definition) is 2. The van der Waals surface area contributed by atoms with Crippen LogP contribution in [0.15, 0.2) is 52.7 Å². The van der Waals surface area contributed by atoms with Crippen LogP contribution in [0.2, 0.25) is 0 Å². The third-order valence-corrected chi connectivity index (χ3v) is 10.3. The van der Waals surface area contributed by atoms with E-state index >= 15 is 0 Å². The van der Waals surface area contributed by atoms with Crippen LogP contribution >= 0.6 is 0 Å². The first kappa shape index (κ1) is 29.7. The van der Waals surface area contributed by atoms with Crippen molar-refractivity contribution in [2.45, 2.75) is 89.8 Å². The maximum atomic E-state index is 13.7. The van der Waals surface area contributed by atoms with Gasteiger partial charge in [-0.2, -0.15) is 4.31 Å². The monoisotopic (exact) mass is 557 g/mol. The molecule has 1 fully saturated rings. The van der Waals surface area contributed by atoms with E-state index in [9.17, 15) is 23.4 Å². The summed E-state index contributed by atoms with van der Waals surface area (Å²) in [6.07, 6.45) is 9.22. The quantitative estimate of drug-likeness (QED) is 0.357. The van der Waals surface area contributed by atoms with Gasteiger partial charge in [-0.3, -0.25) is 4.79 Å². The van der Waals surface area contributed by atoms with Gasteiger partial charge >= 0.3 is 0 Å². The van der Waals surface area contributed by atoms with Crippen molar-refractivity contribution in [1.29, 1.82) is 0 Å². The highest BCUT2D eigenvalue weighted by atomic mass is 32.2. The fourth-order valence-corrected chi connectivity index (χ4v) is 7.60. The molecule has 7 nitrogen and oxygen atoms in total. The third kappa shape index (κ3) is 6.24. The summed E-state index contributed by atoms with van der Waals surface area (Å²) in [5.74, 6) is -0.152. The number of hydrogen-bond acceptors (Lipinski definition) is 6. The number of nitrogens with zero attached hydrogens (tertiary/aromatic N) is 1. The van der Waals surface area contributed by atoms with E-state index in [1.165, 1.54) is 22.4 Å². The second kappa shape index (κ2) is 11.7. The van der Waals surface area contributed by atoms with Crippen LogP contribution < -0.4 is 0 Å². The SMILES string of the molecule is CCCN(C[C@]1(O)CC[C@H]2c3ccc(cc3C(=O)c3ccco3)C[C@@H](O)CCC(C)=CCC[C@@]21C)S(C)(=O)=O. The third-order valence-electron chi connectivity index (χ3n) is 9.04. The largest absolute Gasteiger partial charge is 0.461 e. The molecule has 39 heavy (non-hydrogen) atoms. The van der Waals surface area contributed by atoms with Crippen LogP contribution in [-0.2, 0) is 16.4 Å². The van der Waals surface area contributed by atoms with Gasteiger partial charge in [0.2, 0.25) is 15.8 Å². The maximum absolute atomic E-state index is 13.7. The van der Waals surface area contributed by atoms with Crippen LogP contribution in [0.5, 0.6) is 0 Å². The van der Waals surface area contributed by atoms with Crippen molar-refractivity contribution in [3.05, 3.63) is 70.7 Å². The lowest BCUT2D eigenvalue weighted by atomic mass is 9.65. The van der Waals surface area contributed by atoms with Gasteiger partial charge in [-0.1, -0.05) is 37.6 Å². The Labute approximate surface area is 233 Å². The lowest BCUT2D eigenvalue weighted by Crippen LogP contribution is -2.53. The molecule has 214 valence electrons. The van der Waals surface area contributed by atoms with Crippen molar-refractivity contribution in [3.63, 3.8) is 0 Å². The summed E-state index contributed by atoms with van der Waals surface area (Å²) in [6, 6.07) is 9.16. The van der Waals surface area contributed by atoms with E-state index in [0.29, 0.717) is 57.1 Å². The van der Waals surface area contributed by atoms with E-state index in [2.05, 4.69) is 19.9 Å². The van der Waals surface area contributed by atoms with Crippen LogP contribution in [0, 0.1) is 5.41 Å². The minimum atomic E-state index is -3.51. The van der Waals surface area contributed by atoms with Gasteiger partial charge in [0.05, 0.1) is 24.2 Å². The van der Waals surface area contributed by atoms with E-state index in [4.69, 9.17) is 4.42 Å². The highest BCUT2D eigenvalue weighted by Crippen LogP contribution is 2.59. The molecule has 2 aromatic rings. The van der Waals surface area contributed by atoms with Gasteiger partial charge < -0.3 is 14.6 Å². The molecule has 0 unspecified atom stereocenters. The van der Waals surface area contributed by atoms with Gasteiger partial charge in [-0.25, -0.2) is 8.42 Å². The lowest BCUT2D eigenvalue weighted by molar-refractivity contribution is -0.0723. The van der Waals surface area contributed by atoms with Crippen molar-refractivity contribution in [2.75, 3.05) is 19.3 Å². The smallest absolute Gasteiger partial charge is 0.228 e. The molecule has 2 bridgehead atoms. The van der Waals surface area contributed by atoms with Gasteiger partial charge in [0, 0.05) is 24.1 Å². The van der Waals surface area contributed by atoms with E-state index in [1.54, 1.807) is 12.1 Å². The van der Waals surface area contributed by atoms with E-state index < -0.39 is 27.1 Å². The predicted molar refractivity (Wildman–Crippen MR) is 152 cm³/mol. The molecule has 0 amide bonds. The second-order valence-electron chi connectivity index (χ2n) is 11.9. The van der Waals surface area contributed by atoms with Gasteiger partial charge in [0.15, 0.2) is 5.76 Å². The number of furan rings is 1. The lowest BCUT2D eigenvalue weighted by Gasteiger charge is -2.45. The highest BCUT2D eigenvalue weighted by Gasteiger charge is 2.57. The van der Waals surface area contributed by atoms with E-state index in [1.807, 2.05) is 25.1 Å². The van der Waals surface area contributed by atoms with Gasteiger partial charge in [-0.05, 0) is 93.5 Å². The number of ketones is 1. The summed E-state index contributed by atoms with van der Waals surface area (Å²) < 4.78 is 32.2. The number of fused-ring (bicyclic) bond motifs is 8.